The first kappa shape index (κ1) is 17.3. The number of hydrogen-bond acceptors (Lipinski definition) is 2. The molecule has 1 saturated carbocycles. The summed E-state index contributed by atoms with van der Waals surface area (Å²) in [5.41, 5.74) is 6.35. The van der Waals surface area contributed by atoms with Gasteiger partial charge in [-0.05, 0) is 49.9 Å². The van der Waals surface area contributed by atoms with Crippen LogP contribution in [0.15, 0.2) is 4.99 Å². The molecule has 4 nitrogen and oxygen atoms in total. The molecule has 0 bridgehead atoms. The fraction of sp³-hybridized carbons (Fsp3) is 0.938. The highest BCUT2D eigenvalue weighted by Crippen LogP contribution is 2.39. The van der Waals surface area contributed by atoms with Gasteiger partial charge in [-0.1, -0.05) is 20.8 Å². The minimum atomic E-state index is 0.209. The van der Waals surface area contributed by atoms with Crippen molar-refractivity contribution in [2.75, 3.05) is 20.3 Å². The maximum atomic E-state index is 5.90. The molecule has 1 rings (SSSR count). The Kier molecular flexibility index (Phi) is 6.80. The van der Waals surface area contributed by atoms with Crippen molar-refractivity contribution < 1.29 is 4.74 Å². The van der Waals surface area contributed by atoms with Gasteiger partial charge in [-0.3, -0.25) is 4.99 Å². The third-order valence-corrected chi connectivity index (χ3v) is 4.40. The van der Waals surface area contributed by atoms with E-state index in [0.29, 0.717) is 23.9 Å². The minimum absolute atomic E-state index is 0.209. The second kappa shape index (κ2) is 7.87. The lowest BCUT2D eigenvalue weighted by atomic mass is 9.70. The number of nitrogens with two attached hydrogens (primary N) is 1. The topological polar surface area (TPSA) is 59.6 Å². The highest BCUT2D eigenvalue weighted by molar-refractivity contribution is 5.78. The lowest BCUT2D eigenvalue weighted by Gasteiger charge is -2.36. The van der Waals surface area contributed by atoms with Crippen molar-refractivity contribution in [1.82, 2.24) is 5.32 Å². The van der Waals surface area contributed by atoms with Crippen LogP contribution in [0.5, 0.6) is 0 Å². The van der Waals surface area contributed by atoms with Gasteiger partial charge in [0.15, 0.2) is 5.96 Å². The number of guanidine groups is 1. The average molecular weight is 283 g/mol. The van der Waals surface area contributed by atoms with Gasteiger partial charge >= 0.3 is 0 Å². The van der Waals surface area contributed by atoms with E-state index in [4.69, 9.17) is 10.5 Å². The summed E-state index contributed by atoms with van der Waals surface area (Å²) in [7, 11) is 1.69. The summed E-state index contributed by atoms with van der Waals surface area (Å²) in [6.45, 7) is 10.6. The normalized spacial score (nSPS) is 26.4. The number of ether oxygens (including phenoxy) is 1. The van der Waals surface area contributed by atoms with E-state index in [-0.39, 0.29) is 6.04 Å². The molecule has 1 fully saturated rings. The number of nitrogens with zero attached hydrogens (tertiary/aromatic N) is 1. The summed E-state index contributed by atoms with van der Waals surface area (Å²) < 4.78 is 5.07. The van der Waals surface area contributed by atoms with Crippen LogP contribution >= 0.6 is 0 Å². The number of methoxy groups -OCH3 is 1. The highest BCUT2D eigenvalue weighted by atomic mass is 16.5. The lowest BCUT2D eigenvalue weighted by Crippen LogP contribution is -2.41. The molecular formula is C16H33N3O. The molecule has 0 amide bonds. The zero-order valence-electron chi connectivity index (χ0n) is 13.9. The molecule has 0 saturated heterocycles. The first-order valence-corrected chi connectivity index (χ1v) is 7.88. The van der Waals surface area contributed by atoms with E-state index in [1.165, 1.54) is 25.7 Å². The van der Waals surface area contributed by atoms with Crippen LogP contribution < -0.4 is 11.1 Å². The number of aliphatic imine (C=N–C) groups is 1. The van der Waals surface area contributed by atoms with Crippen LogP contribution in [0, 0.1) is 17.3 Å². The van der Waals surface area contributed by atoms with Crippen LogP contribution in [-0.4, -0.2) is 32.3 Å². The summed E-state index contributed by atoms with van der Waals surface area (Å²) >= 11 is 0. The van der Waals surface area contributed by atoms with Crippen LogP contribution in [0.2, 0.25) is 0 Å². The maximum absolute atomic E-state index is 5.90. The largest absolute Gasteiger partial charge is 0.383 e. The Bertz CT molecular complexity index is 301. The van der Waals surface area contributed by atoms with Crippen LogP contribution in [0.1, 0.15) is 53.4 Å². The van der Waals surface area contributed by atoms with Crippen molar-refractivity contribution in [3.05, 3.63) is 0 Å². The van der Waals surface area contributed by atoms with Gasteiger partial charge in [0.1, 0.15) is 0 Å². The first-order chi connectivity index (χ1) is 9.32. The first-order valence-electron chi connectivity index (χ1n) is 7.88. The summed E-state index contributed by atoms with van der Waals surface area (Å²) in [4.78, 5) is 4.49. The standard InChI is InChI=1S/C16H33N3O/c1-12(11-20-5)19-15(17)18-10-13-6-8-14(9-7-13)16(2,3)4/h12-14H,6-11H2,1-5H3,(H3,17,18,19). The lowest BCUT2D eigenvalue weighted by molar-refractivity contribution is 0.152. The number of nitrogens with one attached hydrogen (secondary N) is 1. The zero-order valence-corrected chi connectivity index (χ0v) is 13.9. The van der Waals surface area contributed by atoms with Gasteiger partial charge in [-0.15, -0.1) is 0 Å². The smallest absolute Gasteiger partial charge is 0.188 e. The van der Waals surface area contributed by atoms with Gasteiger partial charge in [0.2, 0.25) is 0 Å². The van der Waals surface area contributed by atoms with Crippen molar-refractivity contribution in [3.63, 3.8) is 0 Å². The van der Waals surface area contributed by atoms with Crippen molar-refractivity contribution in [2.24, 2.45) is 28.0 Å². The minimum Gasteiger partial charge on any atom is -0.383 e. The monoisotopic (exact) mass is 283 g/mol. The molecule has 0 aliphatic heterocycles. The van der Waals surface area contributed by atoms with Gasteiger partial charge in [-0.25, -0.2) is 0 Å². The Morgan fingerprint density at radius 2 is 1.90 bits per heavy atom. The molecule has 0 spiro atoms. The van der Waals surface area contributed by atoms with E-state index in [1.54, 1.807) is 7.11 Å². The molecular weight excluding hydrogens is 250 g/mol. The second-order valence-electron chi connectivity index (χ2n) is 7.31. The average Bonchev–Trinajstić information content (AvgIpc) is 2.36. The SMILES string of the molecule is COCC(C)NC(N)=NCC1CCC(C(C)(C)C)CC1. The Labute approximate surface area is 124 Å². The fourth-order valence-corrected chi connectivity index (χ4v) is 3.03. The molecule has 4 heteroatoms. The van der Waals surface area contributed by atoms with Gasteiger partial charge in [0.05, 0.1) is 6.61 Å². The Hall–Kier alpha value is -0.770. The zero-order chi connectivity index (χ0) is 15.2. The third-order valence-electron chi connectivity index (χ3n) is 4.40. The van der Waals surface area contributed by atoms with Gasteiger partial charge in [0.25, 0.3) is 0 Å². The van der Waals surface area contributed by atoms with E-state index in [1.807, 2.05) is 6.92 Å². The van der Waals surface area contributed by atoms with E-state index in [9.17, 15) is 0 Å². The van der Waals surface area contributed by atoms with Crippen LogP contribution in [0.25, 0.3) is 0 Å². The molecule has 20 heavy (non-hydrogen) atoms. The summed E-state index contributed by atoms with van der Waals surface area (Å²) in [6.07, 6.45) is 5.23. The highest BCUT2D eigenvalue weighted by Gasteiger charge is 2.29. The van der Waals surface area contributed by atoms with E-state index < -0.39 is 0 Å². The predicted molar refractivity (Wildman–Crippen MR) is 85.9 cm³/mol. The van der Waals surface area contributed by atoms with E-state index >= 15 is 0 Å². The van der Waals surface area contributed by atoms with Gasteiger partial charge < -0.3 is 15.8 Å². The third kappa shape index (κ3) is 6.12. The van der Waals surface area contributed by atoms with E-state index in [2.05, 4.69) is 31.1 Å². The molecule has 0 aromatic heterocycles. The predicted octanol–water partition coefficient (Wildman–Crippen LogP) is 2.78. The van der Waals surface area contributed by atoms with E-state index in [0.717, 1.165) is 12.5 Å². The molecule has 1 aliphatic rings. The summed E-state index contributed by atoms with van der Waals surface area (Å²) in [5.74, 6) is 2.11. The Morgan fingerprint density at radius 1 is 1.30 bits per heavy atom. The number of hydrogen-bond donors (Lipinski definition) is 2. The summed E-state index contributed by atoms with van der Waals surface area (Å²) in [5, 5.41) is 3.16. The van der Waals surface area contributed by atoms with Crippen molar-refractivity contribution in [3.8, 4) is 0 Å². The van der Waals surface area contributed by atoms with Gasteiger partial charge in [0, 0.05) is 19.7 Å². The second-order valence-corrected chi connectivity index (χ2v) is 7.31. The van der Waals surface area contributed by atoms with Crippen molar-refractivity contribution >= 4 is 5.96 Å². The van der Waals surface area contributed by atoms with Crippen LogP contribution in [0.4, 0.5) is 0 Å². The molecule has 0 aromatic carbocycles. The van der Waals surface area contributed by atoms with Crippen molar-refractivity contribution in [2.45, 2.75) is 59.4 Å². The van der Waals surface area contributed by atoms with Crippen LogP contribution in [0.3, 0.4) is 0 Å². The Morgan fingerprint density at radius 3 is 2.40 bits per heavy atom. The molecule has 0 radical (unpaired) electrons. The molecule has 0 aromatic rings. The molecule has 1 unspecified atom stereocenters. The summed E-state index contributed by atoms with van der Waals surface area (Å²) in [6, 6.07) is 0.209. The number of rotatable bonds is 5. The van der Waals surface area contributed by atoms with Gasteiger partial charge in [-0.2, -0.15) is 0 Å². The molecule has 0 heterocycles. The van der Waals surface area contributed by atoms with Crippen molar-refractivity contribution in [1.29, 1.82) is 0 Å². The molecule has 1 atom stereocenters. The Balaban J connectivity index is 2.30. The van der Waals surface area contributed by atoms with Crippen LogP contribution in [-0.2, 0) is 4.74 Å². The molecule has 3 N–H and O–H groups in total. The molecule has 1 aliphatic carbocycles. The maximum Gasteiger partial charge on any atom is 0.188 e. The fourth-order valence-electron chi connectivity index (χ4n) is 3.03. The quantitative estimate of drug-likeness (QED) is 0.602. The molecule has 118 valence electrons.